The average molecular weight is 158 g/mol. The first kappa shape index (κ1) is 10.9. The van der Waals surface area contributed by atoms with E-state index >= 15 is 0 Å². The van der Waals surface area contributed by atoms with Gasteiger partial charge >= 0.3 is 0 Å². The molecule has 3 heteroatoms. The minimum Gasteiger partial charge on any atom is -0.301 e. The Morgan fingerprint density at radius 2 is 1.36 bits per heavy atom. The topological polar surface area (TPSA) is 38.2 Å². The summed E-state index contributed by atoms with van der Waals surface area (Å²) in [7, 11) is 0. The van der Waals surface area contributed by atoms with E-state index in [0.717, 1.165) is 13.1 Å². The molecule has 0 spiro atoms. The van der Waals surface area contributed by atoms with Crippen LogP contribution in [0.5, 0.6) is 0 Å². The molecule has 0 aromatic carbocycles. The van der Waals surface area contributed by atoms with Crippen molar-refractivity contribution in [2.45, 2.75) is 40.0 Å². The normalized spacial score (nSPS) is 16.4. The molecule has 2 atom stereocenters. The maximum atomic E-state index is 4.43. The van der Waals surface area contributed by atoms with Crippen LogP contribution < -0.4 is 16.0 Å². The van der Waals surface area contributed by atoms with Gasteiger partial charge in [0.1, 0.15) is 0 Å². The molecular formula is C8H20N3. The van der Waals surface area contributed by atoms with Gasteiger partial charge in [0.15, 0.2) is 0 Å². The first-order valence-electron chi connectivity index (χ1n) is 4.37. The smallest absolute Gasteiger partial charge is 0.0725 e. The Morgan fingerprint density at radius 3 is 1.64 bits per heavy atom. The van der Waals surface area contributed by atoms with Crippen molar-refractivity contribution in [3.05, 3.63) is 0 Å². The quantitative estimate of drug-likeness (QED) is 0.591. The molecule has 0 aromatic rings. The van der Waals surface area contributed by atoms with Gasteiger partial charge in [0.25, 0.3) is 0 Å². The van der Waals surface area contributed by atoms with Gasteiger partial charge in [-0.1, -0.05) is 13.8 Å². The van der Waals surface area contributed by atoms with E-state index < -0.39 is 0 Å². The maximum Gasteiger partial charge on any atom is 0.0725 e. The summed E-state index contributed by atoms with van der Waals surface area (Å²) in [6.45, 7) is 10.3. The van der Waals surface area contributed by atoms with Gasteiger partial charge in [-0.05, 0) is 26.9 Å². The van der Waals surface area contributed by atoms with Gasteiger partial charge in [0.05, 0.1) is 12.3 Å². The van der Waals surface area contributed by atoms with Crippen molar-refractivity contribution in [1.29, 1.82) is 0 Å². The zero-order valence-corrected chi connectivity index (χ0v) is 8.02. The second-order valence-corrected chi connectivity index (χ2v) is 2.62. The van der Waals surface area contributed by atoms with Crippen LogP contribution in [0.1, 0.15) is 27.7 Å². The molecule has 0 saturated heterocycles. The zero-order valence-electron chi connectivity index (χ0n) is 8.02. The van der Waals surface area contributed by atoms with Crippen molar-refractivity contribution >= 4 is 0 Å². The summed E-state index contributed by atoms with van der Waals surface area (Å²) < 4.78 is 0. The fourth-order valence-corrected chi connectivity index (χ4v) is 1.03. The standard InChI is InChI=1S/C8H20N3/c1-5-9-7(3)11-8(4)10-6-2/h7-10H,5-6H2,1-4H3. The summed E-state index contributed by atoms with van der Waals surface area (Å²) in [5.41, 5.74) is 0. The third-order valence-corrected chi connectivity index (χ3v) is 1.45. The summed E-state index contributed by atoms with van der Waals surface area (Å²) in [5.74, 6) is 0. The number of hydrogen-bond donors (Lipinski definition) is 2. The van der Waals surface area contributed by atoms with E-state index in [9.17, 15) is 0 Å². The molecule has 0 aromatic heterocycles. The average Bonchev–Trinajstić information content (AvgIpc) is 1.87. The Kier molecular flexibility index (Phi) is 6.51. The van der Waals surface area contributed by atoms with Crippen molar-refractivity contribution in [1.82, 2.24) is 16.0 Å². The SMILES string of the molecule is CCNC(C)[N]C(C)NCC. The van der Waals surface area contributed by atoms with E-state index in [-0.39, 0.29) is 12.3 Å². The van der Waals surface area contributed by atoms with Crippen molar-refractivity contribution in [3.8, 4) is 0 Å². The van der Waals surface area contributed by atoms with Crippen LogP contribution in [-0.4, -0.2) is 25.4 Å². The van der Waals surface area contributed by atoms with E-state index in [0.29, 0.717) is 0 Å². The molecule has 0 saturated carbocycles. The molecule has 0 heterocycles. The van der Waals surface area contributed by atoms with E-state index in [4.69, 9.17) is 0 Å². The van der Waals surface area contributed by atoms with Crippen molar-refractivity contribution in [2.75, 3.05) is 13.1 Å². The van der Waals surface area contributed by atoms with Crippen LogP contribution in [0.25, 0.3) is 0 Å². The van der Waals surface area contributed by atoms with Gasteiger partial charge in [-0.2, -0.15) is 0 Å². The largest absolute Gasteiger partial charge is 0.301 e. The fraction of sp³-hybridized carbons (Fsp3) is 1.00. The van der Waals surface area contributed by atoms with Gasteiger partial charge in [-0.25, -0.2) is 5.32 Å². The molecule has 0 aliphatic rings. The highest BCUT2D eigenvalue weighted by atomic mass is 15.2. The Bertz CT molecular complexity index is 75.4. The molecule has 0 aliphatic heterocycles. The van der Waals surface area contributed by atoms with Gasteiger partial charge in [0.2, 0.25) is 0 Å². The van der Waals surface area contributed by atoms with Crippen LogP contribution in [0.4, 0.5) is 0 Å². The summed E-state index contributed by atoms with van der Waals surface area (Å²) in [5, 5.41) is 10.9. The highest BCUT2D eigenvalue weighted by Crippen LogP contribution is 1.82. The molecule has 1 radical (unpaired) electrons. The molecule has 0 rings (SSSR count). The molecule has 11 heavy (non-hydrogen) atoms. The van der Waals surface area contributed by atoms with E-state index in [2.05, 4.69) is 43.6 Å². The molecule has 0 amide bonds. The first-order chi connectivity index (χ1) is 5.20. The predicted octanol–water partition coefficient (Wildman–Crippen LogP) is 0.502. The summed E-state index contributed by atoms with van der Waals surface area (Å²) in [4.78, 5) is 0. The number of nitrogens with zero attached hydrogens (tertiary/aromatic N) is 1. The number of hydrogen-bond acceptors (Lipinski definition) is 2. The number of rotatable bonds is 6. The molecule has 67 valence electrons. The Balaban J connectivity index is 3.32. The van der Waals surface area contributed by atoms with E-state index in [1.165, 1.54) is 0 Å². The highest BCUT2D eigenvalue weighted by molar-refractivity contribution is 4.61. The van der Waals surface area contributed by atoms with E-state index in [1.807, 2.05) is 0 Å². The third kappa shape index (κ3) is 6.28. The first-order valence-corrected chi connectivity index (χ1v) is 4.37. The van der Waals surface area contributed by atoms with Crippen LogP contribution in [-0.2, 0) is 0 Å². The Morgan fingerprint density at radius 1 is 1.00 bits per heavy atom. The van der Waals surface area contributed by atoms with Crippen LogP contribution >= 0.6 is 0 Å². The highest BCUT2D eigenvalue weighted by Gasteiger charge is 2.04. The van der Waals surface area contributed by atoms with Gasteiger partial charge in [-0.15, -0.1) is 0 Å². The summed E-state index contributed by atoms with van der Waals surface area (Å²) >= 11 is 0. The van der Waals surface area contributed by atoms with E-state index in [1.54, 1.807) is 0 Å². The monoisotopic (exact) mass is 158 g/mol. The van der Waals surface area contributed by atoms with Crippen molar-refractivity contribution in [2.24, 2.45) is 0 Å². The van der Waals surface area contributed by atoms with Gasteiger partial charge in [0, 0.05) is 0 Å². The molecule has 2 N–H and O–H groups in total. The van der Waals surface area contributed by atoms with Crippen LogP contribution in [0.3, 0.4) is 0 Å². The van der Waals surface area contributed by atoms with Crippen molar-refractivity contribution < 1.29 is 0 Å². The molecule has 0 bridgehead atoms. The maximum absolute atomic E-state index is 4.43. The lowest BCUT2D eigenvalue weighted by atomic mass is 10.4. The lowest BCUT2D eigenvalue weighted by Crippen LogP contribution is -2.44. The van der Waals surface area contributed by atoms with Crippen LogP contribution in [0.15, 0.2) is 0 Å². The zero-order chi connectivity index (χ0) is 8.69. The van der Waals surface area contributed by atoms with Crippen LogP contribution in [0, 0.1) is 0 Å². The second kappa shape index (κ2) is 6.58. The Hall–Kier alpha value is -0.120. The lowest BCUT2D eigenvalue weighted by molar-refractivity contribution is 0.363. The van der Waals surface area contributed by atoms with Gasteiger partial charge < -0.3 is 10.6 Å². The van der Waals surface area contributed by atoms with Gasteiger partial charge in [-0.3, -0.25) is 0 Å². The third-order valence-electron chi connectivity index (χ3n) is 1.45. The fourth-order valence-electron chi connectivity index (χ4n) is 1.03. The predicted molar refractivity (Wildman–Crippen MR) is 48.4 cm³/mol. The molecule has 0 aliphatic carbocycles. The Labute approximate surface area is 69.9 Å². The lowest BCUT2D eigenvalue weighted by Gasteiger charge is -2.18. The van der Waals surface area contributed by atoms with Crippen molar-refractivity contribution in [3.63, 3.8) is 0 Å². The number of nitrogens with one attached hydrogen (secondary N) is 2. The second-order valence-electron chi connectivity index (χ2n) is 2.62. The minimum absolute atomic E-state index is 0.258. The molecule has 0 fully saturated rings. The molecule has 3 nitrogen and oxygen atoms in total. The summed E-state index contributed by atoms with van der Waals surface area (Å²) in [6.07, 6.45) is 0.517. The molecular weight excluding hydrogens is 138 g/mol. The minimum atomic E-state index is 0.258. The molecule has 2 unspecified atom stereocenters. The van der Waals surface area contributed by atoms with Crippen LogP contribution in [0.2, 0.25) is 0 Å². The summed E-state index contributed by atoms with van der Waals surface area (Å²) in [6, 6.07) is 0.